The van der Waals surface area contributed by atoms with E-state index in [0.29, 0.717) is 12.2 Å². The first-order valence-corrected chi connectivity index (χ1v) is 8.84. The highest BCUT2D eigenvalue weighted by atomic mass is 16.5. The standard InChI is InChI=1S/C19H27NO4/c1-3-4-13-23-17-11-9-15(10-12-17)19(22)24-14(2)18(21)20-16-7-5-6-8-16/h9-12,14,16H,3-8,13H2,1-2H3,(H,20,21)/t14-/m1/s1. The molecule has 0 heterocycles. The van der Waals surface area contributed by atoms with Crippen molar-refractivity contribution in [1.29, 1.82) is 0 Å². The third kappa shape index (κ3) is 5.55. The van der Waals surface area contributed by atoms with Gasteiger partial charge < -0.3 is 14.8 Å². The van der Waals surface area contributed by atoms with E-state index in [1.807, 2.05) is 0 Å². The fraction of sp³-hybridized carbons (Fsp3) is 0.579. The number of nitrogens with one attached hydrogen (secondary N) is 1. The van der Waals surface area contributed by atoms with Crippen LogP contribution in [-0.2, 0) is 9.53 Å². The monoisotopic (exact) mass is 333 g/mol. The summed E-state index contributed by atoms with van der Waals surface area (Å²) in [4.78, 5) is 24.2. The number of benzene rings is 1. The molecule has 132 valence electrons. The molecular weight excluding hydrogens is 306 g/mol. The van der Waals surface area contributed by atoms with E-state index < -0.39 is 12.1 Å². The van der Waals surface area contributed by atoms with Crippen LogP contribution < -0.4 is 10.1 Å². The third-order valence-electron chi connectivity index (χ3n) is 4.21. The summed E-state index contributed by atoms with van der Waals surface area (Å²) in [6.07, 6.45) is 5.58. The molecule has 0 spiro atoms. The summed E-state index contributed by atoms with van der Waals surface area (Å²) in [5.74, 6) is 0.00553. The lowest BCUT2D eigenvalue weighted by Crippen LogP contribution is -2.40. The molecule has 5 nitrogen and oxygen atoms in total. The highest BCUT2D eigenvalue weighted by molar-refractivity contribution is 5.92. The molecule has 1 amide bonds. The normalized spacial score (nSPS) is 15.8. The lowest BCUT2D eigenvalue weighted by atomic mass is 10.2. The van der Waals surface area contributed by atoms with Crippen LogP contribution in [0.5, 0.6) is 5.75 Å². The van der Waals surface area contributed by atoms with Crippen molar-refractivity contribution in [1.82, 2.24) is 5.32 Å². The SMILES string of the molecule is CCCCOc1ccc(C(=O)O[C@H](C)C(=O)NC2CCCC2)cc1. The summed E-state index contributed by atoms with van der Waals surface area (Å²) in [5.41, 5.74) is 0.415. The Kier molecular flexibility index (Phi) is 7.09. The van der Waals surface area contributed by atoms with Crippen molar-refractivity contribution in [2.75, 3.05) is 6.61 Å². The summed E-state index contributed by atoms with van der Waals surface area (Å²) in [7, 11) is 0. The van der Waals surface area contributed by atoms with Crippen molar-refractivity contribution < 1.29 is 19.1 Å². The topological polar surface area (TPSA) is 64.6 Å². The average Bonchev–Trinajstić information content (AvgIpc) is 3.08. The van der Waals surface area contributed by atoms with Crippen LogP contribution in [0.2, 0.25) is 0 Å². The molecule has 5 heteroatoms. The van der Waals surface area contributed by atoms with Crippen LogP contribution in [0.15, 0.2) is 24.3 Å². The van der Waals surface area contributed by atoms with Gasteiger partial charge in [0.1, 0.15) is 5.75 Å². The van der Waals surface area contributed by atoms with Gasteiger partial charge in [-0.2, -0.15) is 0 Å². The van der Waals surface area contributed by atoms with Crippen LogP contribution in [0.4, 0.5) is 0 Å². The zero-order valence-electron chi connectivity index (χ0n) is 14.5. The van der Waals surface area contributed by atoms with Crippen molar-refractivity contribution in [3.8, 4) is 5.75 Å². The minimum absolute atomic E-state index is 0.221. The number of hydrogen-bond acceptors (Lipinski definition) is 4. The summed E-state index contributed by atoms with van der Waals surface area (Å²) in [6, 6.07) is 7.03. The maximum absolute atomic E-state index is 12.1. The van der Waals surface area contributed by atoms with Gasteiger partial charge in [-0.25, -0.2) is 4.79 Å². The molecule has 2 rings (SSSR count). The van der Waals surface area contributed by atoms with Crippen LogP contribution in [0.1, 0.15) is 62.7 Å². The van der Waals surface area contributed by atoms with Gasteiger partial charge in [0.25, 0.3) is 5.91 Å². The number of hydrogen-bond donors (Lipinski definition) is 1. The quantitative estimate of drug-likeness (QED) is 0.584. The van der Waals surface area contributed by atoms with Crippen molar-refractivity contribution in [3.05, 3.63) is 29.8 Å². The molecule has 24 heavy (non-hydrogen) atoms. The minimum Gasteiger partial charge on any atom is -0.494 e. The molecule has 0 saturated heterocycles. The van der Waals surface area contributed by atoms with Crippen LogP contribution in [-0.4, -0.2) is 30.6 Å². The molecular formula is C19H27NO4. The van der Waals surface area contributed by atoms with Gasteiger partial charge in [-0.05, 0) is 50.5 Å². The predicted molar refractivity (Wildman–Crippen MR) is 92.1 cm³/mol. The predicted octanol–water partition coefficient (Wildman–Crippen LogP) is 3.47. The van der Waals surface area contributed by atoms with E-state index in [0.717, 1.165) is 44.3 Å². The van der Waals surface area contributed by atoms with Gasteiger partial charge in [0.15, 0.2) is 6.10 Å². The second-order valence-electron chi connectivity index (χ2n) is 6.26. The molecule has 1 fully saturated rings. The van der Waals surface area contributed by atoms with Gasteiger partial charge in [-0.1, -0.05) is 26.2 Å². The van der Waals surface area contributed by atoms with E-state index in [1.165, 1.54) is 0 Å². The van der Waals surface area contributed by atoms with E-state index in [-0.39, 0.29) is 11.9 Å². The first kappa shape index (κ1) is 18.3. The van der Waals surface area contributed by atoms with Gasteiger partial charge in [0.2, 0.25) is 0 Å². The van der Waals surface area contributed by atoms with Gasteiger partial charge >= 0.3 is 5.97 Å². The molecule has 1 atom stereocenters. The number of esters is 1. The second-order valence-corrected chi connectivity index (χ2v) is 6.26. The van der Waals surface area contributed by atoms with Crippen molar-refractivity contribution in [3.63, 3.8) is 0 Å². The Morgan fingerprint density at radius 2 is 1.88 bits per heavy atom. The first-order chi connectivity index (χ1) is 11.6. The zero-order chi connectivity index (χ0) is 17.4. The van der Waals surface area contributed by atoms with Crippen LogP contribution in [0.25, 0.3) is 0 Å². The van der Waals surface area contributed by atoms with Crippen molar-refractivity contribution >= 4 is 11.9 Å². The number of carbonyl (C=O) groups is 2. The van der Waals surface area contributed by atoms with Gasteiger partial charge in [0.05, 0.1) is 12.2 Å². The zero-order valence-corrected chi connectivity index (χ0v) is 14.5. The number of amides is 1. The molecule has 1 aliphatic rings. The van der Waals surface area contributed by atoms with Gasteiger partial charge in [-0.3, -0.25) is 4.79 Å². The third-order valence-corrected chi connectivity index (χ3v) is 4.21. The fourth-order valence-corrected chi connectivity index (χ4v) is 2.69. The van der Waals surface area contributed by atoms with Gasteiger partial charge in [0, 0.05) is 6.04 Å². The number of ether oxygens (including phenoxy) is 2. The van der Waals surface area contributed by atoms with Gasteiger partial charge in [-0.15, -0.1) is 0 Å². The van der Waals surface area contributed by atoms with Crippen molar-refractivity contribution in [2.45, 2.75) is 64.5 Å². The molecule has 1 aromatic carbocycles. The molecule has 1 aromatic rings. The average molecular weight is 333 g/mol. The largest absolute Gasteiger partial charge is 0.494 e. The maximum Gasteiger partial charge on any atom is 0.338 e. The van der Waals surface area contributed by atoms with E-state index in [1.54, 1.807) is 31.2 Å². The fourth-order valence-electron chi connectivity index (χ4n) is 2.69. The molecule has 0 bridgehead atoms. The Morgan fingerprint density at radius 3 is 2.50 bits per heavy atom. The lowest BCUT2D eigenvalue weighted by molar-refractivity contribution is -0.129. The van der Waals surface area contributed by atoms with Crippen molar-refractivity contribution in [2.24, 2.45) is 0 Å². The Balaban J connectivity index is 1.81. The van der Waals surface area contributed by atoms with Crippen LogP contribution in [0, 0.1) is 0 Å². The van der Waals surface area contributed by atoms with E-state index in [2.05, 4.69) is 12.2 Å². The summed E-state index contributed by atoms with van der Waals surface area (Å²) >= 11 is 0. The second kappa shape index (κ2) is 9.30. The minimum atomic E-state index is -0.793. The van der Waals surface area contributed by atoms with Crippen LogP contribution >= 0.6 is 0 Å². The molecule has 1 aliphatic carbocycles. The van der Waals surface area contributed by atoms with E-state index in [4.69, 9.17) is 9.47 Å². The Morgan fingerprint density at radius 1 is 1.21 bits per heavy atom. The molecule has 0 radical (unpaired) electrons. The lowest BCUT2D eigenvalue weighted by Gasteiger charge is -2.17. The highest BCUT2D eigenvalue weighted by Crippen LogP contribution is 2.18. The Labute approximate surface area is 143 Å². The highest BCUT2D eigenvalue weighted by Gasteiger charge is 2.23. The summed E-state index contributed by atoms with van der Waals surface area (Å²) in [6.45, 7) is 4.37. The number of unbranched alkanes of at least 4 members (excludes halogenated alkanes) is 1. The van der Waals surface area contributed by atoms with E-state index >= 15 is 0 Å². The molecule has 1 saturated carbocycles. The number of carbonyl (C=O) groups excluding carboxylic acids is 2. The van der Waals surface area contributed by atoms with E-state index in [9.17, 15) is 9.59 Å². The number of rotatable bonds is 8. The molecule has 0 unspecified atom stereocenters. The van der Waals surface area contributed by atoms with Crippen LogP contribution in [0.3, 0.4) is 0 Å². The molecule has 0 aliphatic heterocycles. The molecule has 1 N–H and O–H groups in total. The first-order valence-electron chi connectivity index (χ1n) is 8.84. The Bertz CT molecular complexity index is 535. The summed E-state index contributed by atoms with van der Waals surface area (Å²) < 4.78 is 10.8. The molecule has 0 aromatic heterocycles. The Hall–Kier alpha value is -2.04. The smallest absolute Gasteiger partial charge is 0.338 e. The summed E-state index contributed by atoms with van der Waals surface area (Å²) in [5, 5.41) is 2.94. The maximum atomic E-state index is 12.1.